The Morgan fingerprint density at radius 2 is 2.50 bits per heavy atom. The molecule has 1 aliphatic heterocycles. The molecule has 10 heavy (non-hydrogen) atoms. The van der Waals surface area contributed by atoms with Gasteiger partial charge in [0, 0.05) is 25.5 Å². The molecule has 2 N–H and O–H groups in total. The van der Waals surface area contributed by atoms with Gasteiger partial charge >= 0.3 is 0 Å². The van der Waals surface area contributed by atoms with Crippen LogP contribution in [0.2, 0.25) is 0 Å². The Bertz CT molecular complexity index is 187. The van der Waals surface area contributed by atoms with Crippen molar-refractivity contribution in [3.8, 4) is 0 Å². The Hall–Kier alpha value is -0.960. The fourth-order valence-electron chi connectivity index (χ4n) is 1.23. The molecule has 54 valence electrons. The van der Waals surface area contributed by atoms with Crippen LogP contribution < -0.4 is 10.4 Å². The van der Waals surface area contributed by atoms with Crippen molar-refractivity contribution >= 4 is 5.69 Å². The molecule has 0 radical (unpaired) electrons. The molecule has 1 fully saturated rings. The van der Waals surface area contributed by atoms with Gasteiger partial charge in [0.05, 0.1) is 5.69 Å². The molecule has 0 saturated carbocycles. The van der Waals surface area contributed by atoms with Crippen LogP contribution in [0.25, 0.3) is 0 Å². The minimum absolute atomic E-state index is 1.10. The van der Waals surface area contributed by atoms with Crippen molar-refractivity contribution < 1.29 is 0 Å². The minimum Gasteiger partial charge on any atom is -0.366 e. The fraction of sp³-hybridized carbons (Fsp3) is 0.429. The van der Waals surface area contributed by atoms with E-state index in [0.717, 1.165) is 13.1 Å². The standard InChI is InChI=1S/C7H11N3/c1-3-9-10(5-1)7-2-4-8-6-7/h2,4,6,8-9H,1,3,5H2. The molecule has 0 aliphatic carbocycles. The number of hydrogen-bond acceptors (Lipinski definition) is 2. The highest BCUT2D eigenvalue weighted by atomic mass is 15.5. The molecular weight excluding hydrogens is 126 g/mol. The third-order valence-corrected chi connectivity index (χ3v) is 1.75. The van der Waals surface area contributed by atoms with E-state index >= 15 is 0 Å². The van der Waals surface area contributed by atoms with Crippen molar-refractivity contribution in [2.75, 3.05) is 18.1 Å². The molecule has 0 atom stereocenters. The molecule has 0 aromatic carbocycles. The van der Waals surface area contributed by atoms with E-state index in [9.17, 15) is 0 Å². The Morgan fingerprint density at radius 3 is 3.10 bits per heavy atom. The lowest BCUT2D eigenvalue weighted by Crippen LogP contribution is -2.29. The second-order valence-electron chi connectivity index (χ2n) is 2.48. The summed E-state index contributed by atoms with van der Waals surface area (Å²) in [7, 11) is 0. The third kappa shape index (κ3) is 0.885. The van der Waals surface area contributed by atoms with E-state index in [0.29, 0.717) is 0 Å². The number of nitrogens with zero attached hydrogens (tertiary/aromatic N) is 1. The van der Waals surface area contributed by atoms with Gasteiger partial charge in [-0.2, -0.15) is 0 Å². The Morgan fingerprint density at radius 1 is 1.50 bits per heavy atom. The van der Waals surface area contributed by atoms with Crippen LogP contribution in [-0.4, -0.2) is 18.1 Å². The zero-order valence-electron chi connectivity index (χ0n) is 5.80. The monoisotopic (exact) mass is 137 g/mol. The van der Waals surface area contributed by atoms with Gasteiger partial charge in [-0.05, 0) is 12.5 Å². The highest BCUT2D eigenvalue weighted by Crippen LogP contribution is 2.12. The van der Waals surface area contributed by atoms with Crippen LogP contribution in [0.1, 0.15) is 6.42 Å². The number of hydrazine groups is 1. The molecule has 0 bridgehead atoms. The largest absolute Gasteiger partial charge is 0.366 e. The first-order valence-corrected chi connectivity index (χ1v) is 3.61. The van der Waals surface area contributed by atoms with E-state index < -0.39 is 0 Å². The number of nitrogens with one attached hydrogen (secondary N) is 2. The molecule has 1 saturated heterocycles. The summed E-state index contributed by atoms with van der Waals surface area (Å²) in [6, 6.07) is 2.07. The third-order valence-electron chi connectivity index (χ3n) is 1.75. The van der Waals surface area contributed by atoms with Crippen LogP contribution in [-0.2, 0) is 0 Å². The highest BCUT2D eigenvalue weighted by molar-refractivity contribution is 5.43. The van der Waals surface area contributed by atoms with Crippen LogP contribution >= 0.6 is 0 Å². The smallest absolute Gasteiger partial charge is 0.0693 e. The summed E-state index contributed by atoms with van der Waals surface area (Å²) in [5.74, 6) is 0. The van der Waals surface area contributed by atoms with Gasteiger partial charge < -0.3 is 9.99 Å². The molecule has 2 rings (SSSR count). The van der Waals surface area contributed by atoms with Crippen LogP contribution in [0.3, 0.4) is 0 Å². The zero-order chi connectivity index (χ0) is 6.81. The maximum atomic E-state index is 3.27. The second kappa shape index (κ2) is 2.34. The number of aromatic nitrogens is 1. The predicted octanol–water partition coefficient (Wildman–Crippen LogP) is 0.729. The summed E-state index contributed by atoms with van der Waals surface area (Å²) in [6.45, 7) is 2.23. The molecular formula is C7H11N3. The predicted molar refractivity (Wildman–Crippen MR) is 40.8 cm³/mol. The number of rotatable bonds is 1. The second-order valence-corrected chi connectivity index (χ2v) is 2.48. The highest BCUT2D eigenvalue weighted by Gasteiger charge is 2.10. The Labute approximate surface area is 60.0 Å². The number of anilines is 1. The number of hydrogen-bond donors (Lipinski definition) is 2. The van der Waals surface area contributed by atoms with Gasteiger partial charge in [-0.3, -0.25) is 0 Å². The molecule has 1 aromatic heterocycles. The van der Waals surface area contributed by atoms with Gasteiger partial charge in [-0.1, -0.05) is 0 Å². The summed E-state index contributed by atoms with van der Waals surface area (Å²) in [6.07, 6.45) is 5.18. The molecule has 2 heterocycles. The van der Waals surface area contributed by atoms with Gasteiger partial charge in [0.25, 0.3) is 0 Å². The lowest BCUT2D eigenvalue weighted by Gasteiger charge is -2.14. The maximum absolute atomic E-state index is 3.27. The number of H-pyrrole nitrogens is 1. The van der Waals surface area contributed by atoms with E-state index in [2.05, 4.69) is 21.5 Å². The van der Waals surface area contributed by atoms with Crippen molar-refractivity contribution in [1.82, 2.24) is 10.4 Å². The van der Waals surface area contributed by atoms with Gasteiger partial charge in [-0.15, -0.1) is 0 Å². The minimum atomic E-state index is 1.10. The first kappa shape index (κ1) is 5.80. The SMILES string of the molecule is c1cc(N2CCCN2)c[nH]1. The molecule has 1 aromatic rings. The molecule has 3 nitrogen and oxygen atoms in total. The Kier molecular flexibility index (Phi) is 1.36. The zero-order valence-corrected chi connectivity index (χ0v) is 5.80. The maximum Gasteiger partial charge on any atom is 0.0693 e. The van der Waals surface area contributed by atoms with Crippen LogP contribution in [0.5, 0.6) is 0 Å². The topological polar surface area (TPSA) is 31.1 Å². The normalized spacial score (nSPS) is 18.2. The van der Waals surface area contributed by atoms with Crippen molar-refractivity contribution in [2.45, 2.75) is 6.42 Å². The lowest BCUT2D eigenvalue weighted by molar-refractivity contribution is 0.788. The quantitative estimate of drug-likeness (QED) is 0.598. The van der Waals surface area contributed by atoms with Crippen molar-refractivity contribution in [3.05, 3.63) is 18.5 Å². The number of aromatic amines is 1. The van der Waals surface area contributed by atoms with E-state index in [1.54, 1.807) is 0 Å². The first-order valence-electron chi connectivity index (χ1n) is 3.61. The summed E-state index contributed by atoms with van der Waals surface area (Å²) in [4.78, 5) is 3.02. The fourth-order valence-corrected chi connectivity index (χ4v) is 1.23. The van der Waals surface area contributed by atoms with Crippen LogP contribution in [0.15, 0.2) is 18.5 Å². The van der Waals surface area contributed by atoms with Crippen molar-refractivity contribution in [1.29, 1.82) is 0 Å². The molecule has 1 aliphatic rings. The summed E-state index contributed by atoms with van der Waals surface area (Å²) >= 11 is 0. The summed E-state index contributed by atoms with van der Waals surface area (Å²) < 4.78 is 0. The summed E-state index contributed by atoms with van der Waals surface area (Å²) in [5, 5.41) is 2.16. The van der Waals surface area contributed by atoms with E-state index in [1.807, 2.05) is 12.4 Å². The summed E-state index contributed by atoms with van der Waals surface area (Å²) in [5.41, 5.74) is 4.51. The van der Waals surface area contributed by atoms with Crippen molar-refractivity contribution in [2.24, 2.45) is 0 Å². The van der Waals surface area contributed by atoms with E-state index in [-0.39, 0.29) is 0 Å². The van der Waals surface area contributed by atoms with Crippen LogP contribution in [0, 0.1) is 0 Å². The van der Waals surface area contributed by atoms with Gasteiger partial charge in [0.1, 0.15) is 0 Å². The van der Waals surface area contributed by atoms with E-state index in [1.165, 1.54) is 12.1 Å². The van der Waals surface area contributed by atoms with Gasteiger partial charge in [0.2, 0.25) is 0 Å². The first-order chi connectivity index (χ1) is 4.97. The lowest BCUT2D eigenvalue weighted by atomic mass is 10.4. The average molecular weight is 137 g/mol. The molecule has 0 amide bonds. The average Bonchev–Trinajstić information content (AvgIpc) is 2.59. The molecule has 0 unspecified atom stereocenters. The molecule has 0 spiro atoms. The van der Waals surface area contributed by atoms with Gasteiger partial charge in [-0.25, -0.2) is 5.43 Å². The Balaban J connectivity index is 2.12. The molecule has 3 heteroatoms. The van der Waals surface area contributed by atoms with Crippen molar-refractivity contribution in [3.63, 3.8) is 0 Å². The van der Waals surface area contributed by atoms with Gasteiger partial charge in [0.15, 0.2) is 0 Å². The van der Waals surface area contributed by atoms with E-state index in [4.69, 9.17) is 0 Å². The van der Waals surface area contributed by atoms with Crippen LogP contribution in [0.4, 0.5) is 5.69 Å².